The molecule has 3 nitrogen and oxygen atoms in total. The molecule has 0 aliphatic rings. The zero-order valence-corrected chi connectivity index (χ0v) is 11.5. The molecule has 2 N–H and O–H groups in total. The molecule has 2 aromatic carbocycles. The van der Waals surface area contributed by atoms with E-state index in [0.29, 0.717) is 0 Å². The summed E-state index contributed by atoms with van der Waals surface area (Å²) < 4.78 is 13.0. The minimum absolute atomic E-state index is 0.0296. The number of phenols is 2. The van der Waals surface area contributed by atoms with Gasteiger partial charge in [-0.15, -0.1) is 0 Å². The summed E-state index contributed by atoms with van der Waals surface area (Å²) in [4.78, 5) is 2.06. The maximum atomic E-state index is 13.0. The summed E-state index contributed by atoms with van der Waals surface area (Å²) in [6, 6.07) is 10.8. The maximum absolute atomic E-state index is 13.0. The van der Waals surface area contributed by atoms with Gasteiger partial charge in [0.15, 0.2) is 0 Å². The highest BCUT2D eigenvalue weighted by molar-refractivity contribution is 5.50. The lowest BCUT2D eigenvalue weighted by molar-refractivity contribution is 0.448. The van der Waals surface area contributed by atoms with Gasteiger partial charge in [0, 0.05) is 18.3 Å². The minimum Gasteiger partial charge on any atom is -0.508 e. The molecule has 1 unspecified atom stereocenters. The summed E-state index contributed by atoms with van der Waals surface area (Å²) >= 11 is 0. The van der Waals surface area contributed by atoms with E-state index in [2.05, 4.69) is 4.90 Å². The summed E-state index contributed by atoms with van der Waals surface area (Å²) in [5, 5.41) is 19.2. The van der Waals surface area contributed by atoms with Crippen LogP contribution in [0.25, 0.3) is 0 Å². The van der Waals surface area contributed by atoms with Crippen LogP contribution in [-0.2, 0) is 0 Å². The highest BCUT2D eigenvalue weighted by atomic mass is 19.1. The third kappa shape index (κ3) is 3.02. The van der Waals surface area contributed by atoms with Crippen LogP contribution in [0.15, 0.2) is 42.5 Å². The molecule has 4 heteroatoms. The van der Waals surface area contributed by atoms with E-state index in [1.165, 1.54) is 18.2 Å². The number of nitrogens with zero attached hydrogens (tertiary/aromatic N) is 1. The maximum Gasteiger partial charge on any atom is 0.123 e. The van der Waals surface area contributed by atoms with Gasteiger partial charge in [-0.05, 0) is 55.8 Å². The number of hydrogen-bond acceptors (Lipinski definition) is 3. The third-order valence-electron chi connectivity index (χ3n) is 3.37. The SMILES string of the molecule is CCN(c1ccc(F)cc1)C(C)c1cc(O)cc(O)c1. The Labute approximate surface area is 117 Å². The van der Waals surface area contributed by atoms with Gasteiger partial charge in [0.1, 0.15) is 17.3 Å². The number of rotatable bonds is 4. The van der Waals surface area contributed by atoms with Gasteiger partial charge in [-0.25, -0.2) is 4.39 Å². The molecule has 0 saturated carbocycles. The Kier molecular flexibility index (Phi) is 4.13. The van der Waals surface area contributed by atoms with E-state index in [1.807, 2.05) is 13.8 Å². The van der Waals surface area contributed by atoms with Gasteiger partial charge in [-0.1, -0.05) is 0 Å². The van der Waals surface area contributed by atoms with Crippen molar-refractivity contribution in [2.24, 2.45) is 0 Å². The molecular formula is C16H18FNO2. The lowest BCUT2D eigenvalue weighted by Crippen LogP contribution is -2.26. The van der Waals surface area contributed by atoms with E-state index >= 15 is 0 Å². The van der Waals surface area contributed by atoms with Crippen LogP contribution in [0.2, 0.25) is 0 Å². The predicted octanol–water partition coefficient (Wildman–Crippen LogP) is 3.82. The quantitative estimate of drug-likeness (QED) is 0.891. The second-order valence-electron chi connectivity index (χ2n) is 4.72. The Morgan fingerprint density at radius 1 is 1.05 bits per heavy atom. The molecule has 0 aliphatic carbocycles. The van der Waals surface area contributed by atoms with Gasteiger partial charge in [-0.3, -0.25) is 0 Å². The van der Waals surface area contributed by atoms with Crippen LogP contribution in [0.4, 0.5) is 10.1 Å². The number of halogens is 1. The fourth-order valence-corrected chi connectivity index (χ4v) is 2.35. The summed E-state index contributed by atoms with van der Waals surface area (Å²) in [6.45, 7) is 4.70. The zero-order valence-electron chi connectivity index (χ0n) is 11.5. The Morgan fingerprint density at radius 2 is 1.60 bits per heavy atom. The van der Waals surface area contributed by atoms with Crippen LogP contribution in [0.5, 0.6) is 11.5 Å². The molecule has 0 aliphatic heterocycles. The van der Waals surface area contributed by atoms with Crippen LogP contribution in [0, 0.1) is 5.82 Å². The van der Waals surface area contributed by atoms with Crippen molar-refractivity contribution in [2.75, 3.05) is 11.4 Å². The predicted molar refractivity (Wildman–Crippen MR) is 77.6 cm³/mol. The molecule has 0 spiro atoms. The largest absolute Gasteiger partial charge is 0.508 e. The average molecular weight is 275 g/mol. The molecule has 0 amide bonds. The minimum atomic E-state index is -0.271. The Hall–Kier alpha value is -2.23. The Bertz CT molecular complexity index is 563. The van der Waals surface area contributed by atoms with Crippen LogP contribution >= 0.6 is 0 Å². The van der Waals surface area contributed by atoms with Gasteiger partial charge < -0.3 is 15.1 Å². The standard InChI is InChI=1S/C16H18FNO2/c1-3-18(14-6-4-13(17)5-7-14)11(2)12-8-15(19)10-16(20)9-12/h4-11,19-20H,3H2,1-2H3. The van der Waals surface area contributed by atoms with E-state index in [4.69, 9.17) is 0 Å². The normalized spacial score (nSPS) is 12.2. The van der Waals surface area contributed by atoms with Crippen molar-refractivity contribution in [1.29, 1.82) is 0 Å². The molecule has 0 radical (unpaired) electrons. The van der Waals surface area contributed by atoms with E-state index < -0.39 is 0 Å². The topological polar surface area (TPSA) is 43.7 Å². The fraction of sp³-hybridized carbons (Fsp3) is 0.250. The van der Waals surface area contributed by atoms with Crippen molar-refractivity contribution in [3.05, 3.63) is 53.8 Å². The molecule has 2 rings (SSSR count). The molecule has 0 fully saturated rings. The fourth-order valence-electron chi connectivity index (χ4n) is 2.35. The van der Waals surface area contributed by atoms with E-state index in [9.17, 15) is 14.6 Å². The smallest absolute Gasteiger partial charge is 0.123 e. The summed E-state index contributed by atoms with van der Waals surface area (Å²) in [6.07, 6.45) is 0. The van der Waals surface area contributed by atoms with Crippen LogP contribution in [-0.4, -0.2) is 16.8 Å². The number of aromatic hydroxyl groups is 2. The zero-order chi connectivity index (χ0) is 14.7. The highest BCUT2D eigenvalue weighted by Gasteiger charge is 2.16. The van der Waals surface area contributed by atoms with Gasteiger partial charge in [0.05, 0.1) is 6.04 Å². The molecule has 0 saturated heterocycles. The van der Waals surface area contributed by atoms with Gasteiger partial charge >= 0.3 is 0 Å². The van der Waals surface area contributed by atoms with Crippen molar-refractivity contribution in [3.63, 3.8) is 0 Å². The van der Waals surface area contributed by atoms with Crippen LogP contribution < -0.4 is 4.90 Å². The number of benzene rings is 2. The summed E-state index contributed by atoms with van der Waals surface area (Å²) in [7, 11) is 0. The second kappa shape index (κ2) is 5.82. The molecule has 2 aromatic rings. The Morgan fingerprint density at radius 3 is 2.10 bits per heavy atom. The van der Waals surface area contributed by atoms with E-state index in [-0.39, 0.29) is 23.4 Å². The number of hydrogen-bond donors (Lipinski definition) is 2. The number of anilines is 1. The van der Waals surface area contributed by atoms with Crippen molar-refractivity contribution in [2.45, 2.75) is 19.9 Å². The average Bonchev–Trinajstić information content (AvgIpc) is 2.40. The monoisotopic (exact) mass is 275 g/mol. The Balaban J connectivity index is 2.33. The first-order chi connectivity index (χ1) is 9.51. The van der Waals surface area contributed by atoms with Gasteiger partial charge in [-0.2, -0.15) is 0 Å². The number of phenolic OH excluding ortho intramolecular Hbond substituents is 2. The molecule has 20 heavy (non-hydrogen) atoms. The molecule has 0 bridgehead atoms. The highest BCUT2D eigenvalue weighted by Crippen LogP contribution is 2.31. The van der Waals surface area contributed by atoms with Crippen LogP contribution in [0.3, 0.4) is 0 Å². The van der Waals surface area contributed by atoms with E-state index in [1.54, 1.807) is 24.3 Å². The lowest BCUT2D eigenvalue weighted by Gasteiger charge is -2.30. The third-order valence-corrected chi connectivity index (χ3v) is 3.37. The lowest BCUT2D eigenvalue weighted by atomic mass is 10.1. The van der Waals surface area contributed by atoms with Crippen LogP contribution in [0.1, 0.15) is 25.5 Å². The molecule has 0 heterocycles. The summed E-state index contributed by atoms with van der Waals surface area (Å²) in [5.74, 6) is -0.212. The van der Waals surface area contributed by atoms with Crippen molar-refractivity contribution in [1.82, 2.24) is 0 Å². The molecule has 0 aromatic heterocycles. The van der Waals surface area contributed by atoms with Gasteiger partial charge in [0.25, 0.3) is 0 Å². The van der Waals surface area contributed by atoms with Crippen molar-refractivity contribution < 1.29 is 14.6 Å². The second-order valence-corrected chi connectivity index (χ2v) is 4.72. The summed E-state index contributed by atoms with van der Waals surface area (Å²) in [5.41, 5.74) is 1.69. The van der Waals surface area contributed by atoms with Crippen molar-refractivity contribution in [3.8, 4) is 11.5 Å². The van der Waals surface area contributed by atoms with Crippen molar-refractivity contribution >= 4 is 5.69 Å². The van der Waals surface area contributed by atoms with E-state index in [0.717, 1.165) is 17.8 Å². The molecule has 106 valence electrons. The first-order valence-corrected chi connectivity index (χ1v) is 6.56. The molecule has 1 atom stereocenters. The molecular weight excluding hydrogens is 257 g/mol. The van der Waals surface area contributed by atoms with Gasteiger partial charge in [0.2, 0.25) is 0 Å². The first-order valence-electron chi connectivity index (χ1n) is 6.56. The first kappa shape index (κ1) is 14.2.